The van der Waals surface area contributed by atoms with Crippen LogP contribution in [0.2, 0.25) is 0 Å². The van der Waals surface area contributed by atoms with Gasteiger partial charge in [0.1, 0.15) is 0 Å². The molecule has 90 valence electrons. The van der Waals surface area contributed by atoms with Crippen molar-refractivity contribution >= 4 is 0 Å². The van der Waals surface area contributed by atoms with Gasteiger partial charge in [-0.05, 0) is 25.2 Å². The SMILES string of the molecule is CCCC1CCCC(CC(C)N)CCC1. The van der Waals surface area contributed by atoms with Crippen molar-refractivity contribution < 1.29 is 0 Å². The van der Waals surface area contributed by atoms with Crippen LogP contribution in [0, 0.1) is 11.8 Å². The lowest BCUT2D eigenvalue weighted by molar-refractivity contribution is 0.287. The normalized spacial score (nSPS) is 30.6. The first-order valence-electron chi connectivity index (χ1n) is 6.98. The molecule has 0 spiro atoms. The zero-order valence-electron chi connectivity index (χ0n) is 10.7. The summed E-state index contributed by atoms with van der Waals surface area (Å²) in [5.41, 5.74) is 5.89. The molecule has 0 radical (unpaired) electrons. The molecule has 0 aliphatic heterocycles. The third kappa shape index (κ3) is 5.55. The monoisotopic (exact) mass is 211 g/mol. The maximum atomic E-state index is 5.89. The summed E-state index contributed by atoms with van der Waals surface area (Å²) in [5, 5.41) is 0. The Morgan fingerprint density at radius 3 is 2.07 bits per heavy atom. The Hall–Kier alpha value is -0.0400. The van der Waals surface area contributed by atoms with Crippen molar-refractivity contribution in [3.8, 4) is 0 Å². The van der Waals surface area contributed by atoms with Gasteiger partial charge >= 0.3 is 0 Å². The van der Waals surface area contributed by atoms with Gasteiger partial charge in [0, 0.05) is 6.04 Å². The fourth-order valence-electron chi connectivity index (χ4n) is 3.14. The summed E-state index contributed by atoms with van der Waals surface area (Å²) >= 11 is 0. The lowest BCUT2D eigenvalue weighted by atomic mass is 9.82. The van der Waals surface area contributed by atoms with Gasteiger partial charge in [-0.25, -0.2) is 0 Å². The summed E-state index contributed by atoms with van der Waals surface area (Å²) < 4.78 is 0. The Morgan fingerprint density at radius 1 is 1.07 bits per heavy atom. The fraction of sp³-hybridized carbons (Fsp3) is 1.00. The highest BCUT2D eigenvalue weighted by Crippen LogP contribution is 2.30. The summed E-state index contributed by atoms with van der Waals surface area (Å²) in [4.78, 5) is 0. The summed E-state index contributed by atoms with van der Waals surface area (Å²) in [5.74, 6) is 1.96. The van der Waals surface area contributed by atoms with Gasteiger partial charge in [0.15, 0.2) is 0 Å². The van der Waals surface area contributed by atoms with Crippen LogP contribution in [0.5, 0.6) is 0 Å². The number of hydrogen-bond acceptors (Lipinski definition) is 1. The zero-order chi connectivity index (χ0) is 11.1. The molecule has 0 saturated heterocycles. The molecule has 1 nitrogen and oxygen atoms in total. The molecular formula is C14H29N. The smallest absolute Gasteiger partial charge is 0.00131 e. The Balaban J connectivity index is 2.24. The van der Waals surface area contributed by atoms with E-state index in [9.17, 15) is 0 Å². The molecule has 1 atom stereocenters. The van der Waals surface area contributed by atoms with Crippen LogP contribution in [-0.2, 0) is 0 Å². The standard InChI is InChI=1S/C14H29N/c1-3-6-13-7-4-9-14(10-5-8-13)11-12(2)15/h12-14H,3-11,15H2,1-2H3. The van der Waals surface area contributed by atoms with E-state index in [0.717, 1.165) is 11.8 Å². The molecule has 1 unspecified atom stereocenters. The van der Waals surface area contributed by atoms with Crippen molar-refractivity contribution in [1.82, 2.24) is 0 Å². The van der Waals surface area contributed by atoms with Gasteiger partial charge in [-0.15, -0.1) is 0 Å². The molecule has 1 fully saturated rings. The van der Waals surface area contributed by atoms with Crippen molar-refractivity contribution in [1.29, 1.82) is 0 Å². The van der Waals surface area contributed by atoms with Gasteiger partial charge in [-0.1, -0.05) is 58.3 Å². The maximum Gasteiger partial charge on any atom is 0.00131 e. The van der Waals surface area contributed by atoms with Crippen molar-refractivity contribution in [3.63, 3.8) is 0 Å². The summed E-state index contributed by atoms with van der Waals surface area (Å²) in [7, 11) is 0. The molecule has 0 amide bonds. The van der Waals surface area contributed by atoms with Crippen molar-refractivity contribution in [3.05, 3.63) is 0 Å². The van der Waals surface area contributed by atoms with E-state index < -0.39 is 0 Å². The van der Waals surface area contributed by atoms with Crippen molar-refractivity contribution in [2.45, 2.75) is 77.7 Å². The molecule has 1 rings (SSSR count). The average molecular weight is 211 g/mol. The Labute approximate surface area is 95.8 Å². The topological polar surface area (TPSA) is 26.0 Å². The summed E-state index contributed by atoms with van der Waals surface area (Å²) in [6.07, 6.45) is 12.8. The minimum Gasteiger partial charge on any atom is -0.328 e. The Bertz CT molecular complexity index is 143. The van der Waals surface area contributed by atoms with Crippen LogP contribution >= 0.6 is 0 Å². The molecular weight excluding hydrogens is 182 g/mol. The first-order chi connectivity index (χ1) is 7.22. The van der Waals surface area contributed by atoms with Gasteiger partial charge in [0.25, 0.3) is 0 Å². The van der Waals surface area contributed by atoms with Crippen LogP contribution in [0.15, 0.2) is 0 Å². The molecule has 1 heteroatoms. The van der Waals surface area contributed by atoms with Crippen LogP contribution < -0.4 is 5.73 Å². The quantitative estimate of drug-likeness (QED) is 0.744. The predicted octanol–water partition coefficient (Wildman–Crippen LogP) is 4.11. The zero-order valence-corrected chi connectivity index (χ0v) is 10.7. The largest absolute Gasteiger partial charge is 0.328 e. The fourth-order valence-corrected chi connectivity index (χ4v) is 3.14. The molecule has 15 heavy (non-hydrogen) atoms. The van der Waals surface area contributed by atoms with Gasteiger partial charge in [0.05, 0.1) is 0 Å². The third-order valence-electron chi connectivity index (χ3n) is 3.85. The number of hydrogen-bond donors (Lipinski definition) is 1. The van der Waals surface area contributed by atoms with Gasteiger partial charge in [0.2, 0.25) is 0 Å². The second kappa shape index (κ2) is 7.27. The van der Waals surface area contributed by atoms with Crippen LogP contribution in [0.4, 0.5) is 0 Å². The Kier molecular flexibility index (Phi) is 6.31. The van der Waals surface area contributed by atoms with E-state index in [4.69, 9.17) is 5.73 Å². The van der Waals surface area contributed by atoms with Gasteiger partial charge in [-0.3, -0.25) is 0 Å². The van der Waals surface area contributed by atoms with E-state index >= 15 is 0 Å². The van der Waals surface area contributed by atoms with Crippen LogP contribution in [0.3, 0.4) is 0 Å². The van der Waals surface area contributed by atoms with E-state index in [1.165, 1.54) is 57.8 Å². The first-order valence-corrected chi connectivity index (χ1v) is 6.98. The average Bonchev–Trinajstić information content (AvgIpc) is 2.12. The summed E-state index contributed by atoms with van der Waals surface area (Å²) in [6.45, 7) is 4.47. The second-order valence-electron chi connectivity index (χ2n) is 5.60. The highest BCUT2D eigenvalue weighted by atomic mass is 14.6. The molecule has 0 aromatic heterocycles. The minimum atomic E-state index is 0.404. The first kappa shape index (κ1) is 13.0. The van der Waals surface area contributed by atoms with Crippen molar-refractivity contribution in [2.75, 3.05) is 0 Å². The van der Waals surface area contributed by atoms with Gasteiger partial charge < -0.3 is 5.73 Å². The Morgan fingerprint density at radius 2 is 1.60 bits per heavy atom. The molecule has 0 heterocycles. The van der Waals surface area contributed by atoms with Crippen molar-refractivity contribution in [2.24, 2.45) is 17.6 Å². The highest BCUT2D eigenvalue weighted by Gasteiger charge is 2.17. The maximum absolute atomic E-state index is 5.89. The van der Waals surface area contributed by atoms with Crippen LogP contribution in [0.1, 0.15) is 71.6 Å². The molecule has 0 aromatic rings. The molecule has 1 saturated carbocycles. The number of nitrogens with two attached hydrogens (primary N) is 1. The molecule has 1 aliphatic carbocycles. The van der Waals surface area contributed by atoms with E-state index in [1.807, 2.05) is 0 Å². The predicted molar refractivity (Wildman–Crippen MR) is 67.9 cm³/mol. The lowest BCUT2D eigenvalue weighted by Gasteiger charge is -2.25. The summed E-state index contributed by atoms with van der Waals surface area (Å²) in [6, 6.07) is 0.404. The van der Waals surface area contributed by atoms with E-state index in [-0.39, 0.29) is 0 Å². The molecule has 1 aliphatic rings. The highest BCUT2D eigenvalue weighted by molar-refractivity contribution is 4.71. The van der Waals surface area contributed by atoms with E-state index in [0.29, 0.717) is 6.04 Å². The molecule has 2 N–H and O–H groups in total. The third-order valence-corrected chi connectivity index (χ3v) is 3.85. The van der Waals surface area contributed by atoms with Gasteiger partial charge in [-0.2, -0.15) is 0 Å². The number of rotatable bonds is 4. The minimum absolute atomic E-state index is 0.404. The van der Waals surface area contributed by atoms with Crippen LogP contribution in [-0.4, -0.2) is 6.04 Å². The van der Waals surface area contributed by atoms with E-state index in [2.05, 4.69) is 13.8 Å². The lowest BCUT2D eigenvalue weighted by Crippen LogP contribution is -2.21. The van der Waals surface area contributed by atoms with Crippen LogP contribution in [0.25, 0.3) is 0 Å². The molecule has 0 aromatic carbocycles. The molecule has 0 bridgehead atoms. The second-order valence-corrected chi connectivity index (χ2v) is 5.60. The van der Waals surface area contributed by atoms with E-state index in [1.54, 1.807) is 0 Å².